The lowest BCUT2D eigenvalue weighted by Crippen LogP contribution is -2.30. The second kappa shape index (κ2) is 8.21. The van der Waals surface area contributed by atoms with Gasteiger partial charge in [0.1, 0.15) is 5.75 Å². The van der Waals surface area contributed by atoms with Crippen LogP contribution in [0.4, 0.5) is 0 Å². The standard InChI is InChI=1S/C18H21NO5/c1-23-14-6-4-13(5-7-14)17(21)18(22)19-10-9-12-3-8-15(20)16(11-12)24-2/h3-8,11,17,20-21H,9-10H2,1-2H3,(H,19,22)/t17-/m1/s1. The van der Waals surface area contributed by atoms with E-state index in [2.05, 4.69) is 5.32 Å². The average molecular weight is 331 g/mol. The molecule has 0 aromatic heterocycles. The third kappa shape index (κ3) is 4.39. The lowest BCUT2D eigenvalue weighted by atomic mass is 10.1. The van der Waals surface area contributed by atoms with Crippen molar-refractivity contribution in [1.29, 1.82) is 0 Å². The second-order valence-electron chi connectivity index (χ2n) is 5.22. The van der Waals surface area contributed by atoms with Gasteiger partial charge < -0.3 is 25.0 Å². The molecular formula is C18H21NO5. The Bertz CT molecular complexity index is 684. The average Bonchev–Trinajstić information content (AvgIpc) is 2.62. The summed E-state index contributed by atoms with van der Waals surface area (Å²) in [5.41, 5.74) is 1.41. The van der Waals surface area contributed by atoms with Crippen LogP contribution in [0, 0.1) is 0 Å². The van der Waals surface area contributed by atoms with Gasteiger partial charge in [0.05, 0.1) is 14.2 Å². The zero-order valence-corrected chi connectivity index (χ0v) is 13.7. The minimum atomic E-state index is -1.23. The Balaban J connectivity index is 1.88. The number of rotatable bonds is 7. The van der Waals surface area contributed by atoms with E-state index in [0.29, 0.717) is 30.0 Å². The number of hydrogen-bond donors (Lipinski definition) is 3. The predicted molar refractivity (Wildman–Crippen MR) is 89.3 cm³/mol. The van der Waals surface area contributed by atoms with Crippen LogP contribution in [-0.2, 0) is 11.2 Å². The van der Waals surface area contributed by atoms with E-state index in [-0.39, 0.29) is 5.75 Å². The number of nitrogens with one attached hydrogen (secondary N) is 1. The van der Waals surface area contributed by atoms with Crippen molar-refractivity contribution in [2.75, 3.05) is 20.8 Å². The van der Waals surface area contributed by atoms with Crippen LogP contribution in [0.15, 0.2) is 42.5 Å². The molecule has 0 unspecified atom stereocenters. The molecule has 0 aliphatic heterocycles. The summed E-state index contributed by atoms with van der Waals surface area (Å²) in [4.78, 5) is 12.0. The van der Waals surface area contributed by atoms with Crippen molar-refractivity contribution in [3.05, 3.63) is 53.6 Å². The summed E-state index contributed by atoms with van der Waals surface area (Å²) in [5.74, 6) is 0.649. The summed E-state index contributed by atoms with van der Waals surface area (Å²) >= 11 is 0. The molecular weight excluding hydrogens is 310 g/mol. The summed E-state index contributed by atoms with van der Waals surface area (Å²) in [7, 11) is 3.03. The maximum Gasteiger partial charge on any atom is 0.253 e. The van der Waals surface area contributed by atoms with Gasteiger partial charge in [-0.25, -0.2) is 0 Å². The van der Waals surface area contributed by atoms with Gasteiger partial charge in [0.15, 0.2) is 17.6 Å². The molecule has 0 fully saturated rings. The number of carbonyl (C=O) groups is 1. The molecule has 2 aromatic carbocycles. The molecule has 24 heavy (non-hydrogen) atoms. The van der Waals surface area contributed by atoms with Crippen molar-refractivity contribution >= 4 is 5.91 Å². The lowest BCUT2D eigenvalue weighted by molar-refractivity contribution is -0.129. The SMILES string of the molecule is COc1ccc([C@@H](O)C(=O)NCCc2ccc(O)c(OC)c2)cc1. The highest BCUT2D eigenvalue weighted by molar-refractivity contribution is 5.81. The number of aliphatic hydroxyl groups excluding tert-OH is 1. The number of carbonyl (C=O) groups excluding carboxylic acids is 1. The molecule has 0 aliphatic rings. The fraction of sp³-hybridized carbons (Fsp3) is 0.278. The highest BCUT2D eigenvalue weighted by Gasteiger charge is 2.16. The van der Waals surface area contributed by atoms with E-state index in [1.165, 1.54) is 7.11 Å². The van der Waals surface area contributed by atoms with E-state index in [9.17, 15) is 15.0 Å². The number of amides is 1. The lowest BCUT2D eigenvalue weighted by Gasteiger charge is -2.12. The monoisotopic (exact) mass is 331 g/mol. The number of aliphatic hydroxyl groups is 1. The molecule has 0 bridgehead atoms. The van der Waals surface area contributed by atoms with Crippen molar-refractivity contribution in [1.82, 2.24) is 5.32 Å². The van der Waals surface area contributed by atoms with E-state index in [1.54, 1.807) is 49.6 Å². The summed E-state index contributed by atoms with van der Waals surface area (Å²) in [6.07, 6.45) is -0.678. The fourth-order valence-electron chi connectivity index (χ4n) is 2.24. The van der Waals surface area contributed by atoms with Crippen molar-refractivity contribution in [2.24, 2.45) is 0 Å². The number of benzene rings is 2. The zero-order chi connectivity index (χ0) is 17.5. The van der Waals surface area contributed by atoms with Gasteiger partial charge >= 0.3 is 0 Å². The van der Waals surface area contributed by atoms with Crippen LogP contribution in [-0.4, -0.2) is 36.9 Å². The minimum absolute atomic E-state index is 0.0696. The third-order valence-corrected chi connectivity index (χ3v) is 3.64. The van der Waals surface area contributed by atoms with Crippen LogP contribution in [0.3, 0.4) is 0 Å². The summed E-state index contributed by atoms with van der Waals surface area (Å²) in [6, 6.07) is 11.7. The molecule has 0 aliphatic carbocycles. The number of aromatic hydroxyl groups is 1. The molecule has 0 saturated carbocycles. The minimum Gasteiger partial charge on any atom is -0.504 e. The normalized spacial score (nSPS) is 11.6. The molecule has 2 aromatic rings. The largest absolute Gasteiger partial charge is 0.504 e. The first-order chi connectivity index (χ1) is 11.5. The van der Waals surface area contributed by atoms with Crippen LogP contribution in [0.1, 0.15) is 17.2 Å². The van der Waals surface area contributed by atoms with E-state index < -0.39 is 12.0 Å². The van der Waals surface area contributed by atoms with Crippen LogP contribution < -0.4 is 14.8 Å². The van der Waals surface area contributed by atoms with Gasteiger partial charge in [-0.1, -0.05) is 18.2 Å². The van der Waals surface area contributed by atoms with E-state index in [1.807, 2.05) is 0 Å². The smallest absolute Gasteiger partial charge is 0.253 e. The van der Waals surface area contributed by atoms with E-state index in [4.69, 9.17) is 9.47 Å². The van der Waals surface area contributed by atoms with Crippen molar-refractivity contribution in [3.63, 3.8) is 0 Å². The molecule has 0 heterocycles. The molecule has 2 rings (SSSR count). The summed E-state index contributed by atoms with van der Waals surface area (Å²) < 4.78 is 10.1. The molecule has 128 valence electrons. The maximum absolute atomic E-state index is 12.0. The number of phenols is 1. The topological polar surface area (TPSA) is 88.0 Å². The van der Waals surface area contributed by atoms with E-state index in [0.717, 1.165) is 5.56 Å². The van der Waals surface area contributed by atoms with Crippen molar-refractivity contribution < 1.29 is 24.5 Å². The first-order valence-electron chi connectivity index (χ1n) is 7.50. The van der Waals surface area contributed by atoms with Crippen molar-refractivity contribution in [3.8, 4) is 17.2 Å². The van der Waals surface area contributed by atoms with Gasteiger partial charge in [-0.3, -0.25) is 4.79 Å². The van der Waals surface area contributed by atoms with Gasteiger partial charge in [0.2, 0.25) is 0 Å². The van der Waals surface area contributed by atoms with Gasteiger partial charge in [-0.15, -0.1) is 0 Å². The molecule has 1 atom stereocenters. The summed E-state index contributed by atoms with van der Waals surface area (Å²) in [6.45, 7) is 0.361. The van der Waals surface area contributed by atoms with Gasteiger partial charge in [0.25, 0.3) is 5.91 Å². The van der Waals surface area contributed by atoms with Crippen LogP contribution in [0.5, 0.6) is 17.2 Å². The maximum atomic E-state index is 12.0. The first-order valence-corrected chi connectivity index (χ1v) is 7.50. The van der Waals surface area contributed by atoms with Crippen LogP contribution in [0.25, 0.3) is 0 Å². The van der Waals surface area contributed by atoms with E-state index >= 15 is 0 Å². The van der Waals surface area contributed by atoms with Gasteiger partial charge in [-0.2, -0.15) is 0 Å². The Labute approximate surface area is 140 Å². The number of hydrogen-bond acceptors (Lipinski definition) is 5. The molecule has 0 radical (unpaired) electrons. The predicted octanol–water partition coefficient (Wildman–Crippen LogP) is 1.80. The second-order valence-corrected chi connectivity index (χ2v) is 5.22. The number of ether oxygens (including phenoxy) is 2. The van der Waals surface area contributed by atoms with Crippen LogP contribution >= 0.6 is 0 Å². The Morgan fingerprint density at radius 2 is 1.83 bits per heavy atom. The number of phenolic OH excluding ortho intramolecular Hbond substituents is 1. The Morgan fingerprint density at radius 1 is 1.12 bits per heavy atom. The Morgan fingerprint density at radius 3 is 2.46 bits per heavy atom. The van der Waals surface area contributed by atoms with Gasteiger partial charge in [-0.05, 0) is 41.8 Å². The third-order valence-electron chi connectivity index (χ3n) is 3.64. The Kier molecular flexibility index (Phi) is 6.03. The molecule has 1 amide bonds. The summed E-state index contributed by atoms with van der Waals surface area (Å²) in [5, 5.41) is 22.3. The Hall–Kier alpha value is -2.73. The highest BCUT2D eigenvalue weighted by atomic mass is 16.5. The molecule has 0 saturated heterocycles. The zero-order valence-electron chi connectivity index (χ0n) is 13.7. The fourth-order valence-corrected chi connectivity index (χ4v) is 2.24. The molecule has 0 spiro atoms. The number of methoxy groups -OCH3 is 2. The quantitative estimate of drug-likeness (QED) is 0.720. The highest BCUT2D eigenvalue weighted by Crippen LogP contribution is 2.26. The van der Waals surface area contributed by atoms with Crippen LogP contribution in [0.2, 0.25) is 0 Å². The first kappa shape index (κ1) is 17.6. The van der Waals surface area contributed by atoms with Crippen molar-refractivity contribution in [2.45, 2.75) is 12.5 Å². The van der Waals surface area contributed by atoms with Gasteiger partial charge in [0, 0.05) is 6.54 Å². The molecule has 6 heteroatoms. The molecule has 6 nitrogen and oxygen atoms in total. The molecule has 3 N–H and O–H groups in total.